The molecule has 5 heteroatoms. The molecule has 1 aromatic carbocycles. The SMILES string of the molecule is N#C/C(=C\c1c[nH]c2ccccc12)C(=N)C(C#N)C#N. The van der Waals surface area contributed by atoms with Gasteiger partial charge in [-0.15, -0.1) is 0 Å². The molecule has 2 aromatic rings. The molecule has 0 atom stereocenters. The van der Waals surface area contributed by atoms with E-state index in [2.05, 4.69) is 4.98 Å². The Kier molecular flexibility index (Phi) is 3.61. The first-order valence-electron chi connectivity index (χ1n) is 5.77. The average Bonchev–Trinajstić information content (AvgIpc) is 2.89. The van der Waals surface area contributed by atoms with Gasteiger partial charge in [-0.2, -0.15) is 15.8 Å². The lowest BCUT2D eigenvalue weighted by Gasteiger charge is -2.01. The maximum absolute atomic E-state index is 9.12. The predicted octanol–water partition coefficient (Wildman–Crippen LogP) is 2.76. The van der Waals surface area contributed by atoms with Gasteiger partial charge in [-0.25, -0.2) is 0 Å². The molecule has 0 unspecified atom stereocenters. The number of nitrogens with zero attached hydrogens (tertiary/aromatic N) is 3. The van der Waals surface area contributed by atoms with Crippen LogP contribution in [0, 0.1) is 45.3 Å². The first-order valence-corrected chi connectivity index (χ1v) is 5.77. The highest BCUT2D eigenvalue weighted by molar-refractivity contribution is 6.10. The summed E-state index contributed by atoms with van der Waals surface area (Å²) in [6.07, 6.45) is 3.24. The van der Waals surface area contributed by atoms with E-state index < -0.39 is 5.92 Å². The Bertz CT molecular complexity index is 806. The van der Waals surface area contributed by atoms with E-state index >= 15 is 0 Å². The van der Waals surface area contributed by atoms with E-state index in [0.29, 0.717) is 0 Å². The second kappa shape index (κ2) is 5.52. The van der Waals surface area contributed by atoms with E-state index in [9.17, 15) is 0 Å². The lowest BCUT2D eigenvalue weighted by atomic mass is 9.98. The van der Waals surface area contributed by atoms with Gasteiger partial charge < -0.3 is 10.4 Å². The van der Waals surface area contributed by atoms with Crippen LogP contribution in [0.4, 0.5) is 0 Å². The third kappa shape index (κ3) is 2.27. The van der Waals surface area contributed by atoms with Gasteiger partial charge in [-0.05, 0) is 12.1 Å². The van der Waals surface area contributed by atoms with E-state index in [1.807, 2.05) is 30.3 Å². The van der Waals surface area contributed by atoms with Gasteiger partial charge in [-0.3, -0.25) is 0 Å². The third-order valence-corrected chi connectivity index (χ3v) is 2.88. The molecule has 0 saturated heterocycles. The van der Waals surface area contributed by atoms with Crippen LogP contribution in [0.1, 0.15) is 5.56 Å². The summed E-state index contributed by atoms with van der Waals surface area (Å²) in [4.78, 5) is 3.06. The van der Waals surface area contributed by atoms with Crippen LogP contribution in [0.25, 0.3) is 17.0 Å². The molecule has 1 aromatic heterocycles. The van der Waals surface area contributed by atoms with Gasteiger partial charge in [0.05, 0.1) is 23.4 Å². The third-order valence-electron chi connectivity index (χ3n) is 2.88. The standard InChI is InChI=1S/C15H9N5/c16-6-10(15(19)12(7-17)8-18)5-11-9-20-14-4-2-1-3-13(11)14/h1-5,9,12,19-20H/b10-5+,19-15?. The first-order chi connectivity index (χ1) is 9.71. The number of hydrogen-bond donors (Lipinski definition) is 2. The van der Waals surface area contributed by atoms with Crippen molar-refractivity contribution in [1.82, 2.24) is 4.98 Å². The number of para-hydroxylation sites is 1. The molecular weight excluding hydrogens is 250 g/mol. The second-order valence-corrected chi connectivity index (χ2v) is 4.06. The van der Waals surface area contributed by atoms with Crippen LogP contribution in [-0.4, -0.2) is 10.7 Å². The number of fused-ring (bicyclic) bond motifs is 1. The smallest absolute Gasteiger partial charge is 0.175 e. The molecule has 0 bridgehead atoms. The normalized spacial score (nSPS) is 10.8. The minimum atomic E-state index is -1.23. The summed E-state index contributed by atoms with van der Waals surface area (Å²) in [5, 5.41) is 35.4. The van der Waals surface area contributed by atoms with Crippen LogP contribution in [-0.2, 0) is 0 Å². The van der Waals surface area contributed by atoms with E-state index in [0.717, 1.165) is 16.5 Å². The number of hydrogen-bond acceptors (Lipinski definition) is 4. The van der Waals surface area contributed by atoms with Gasteiger partial charge >= 0.3 is 0 Å². The summed E-state index contributed by atoms with van der Waals surface area (Å²) >= 11 is 0. The number of aromatic nitrogens is 1. The average molecular weight is 259 g/mol. The van der Waals surface area contributed by atoms with Gasteiger partial charge in [0.15, 0.2) is 5.92 Å². The number of nitriles is 3. The highest BCUT2D eigenvalue weighted by atomic mass is 14.7. The highest BCUT2D eigenvalue weighted by Crippen LogP contribution is 2.21. The summed E-state index contributed by atoms with van der Waals surface area (Å²) in [5.41, 5.74) is 1.40. The van der Waals surface area contributed by atoms with Gasteiger partial charge in [0.25, 0.3) is 0 Å². The number of rotatable bonds is 3. The maximum atomic E-state index is 9.12. The number of nitrogens with one attached hydrogen (secondary N) is 2. The van der Waals surface area contributed by atoms with Crippen molar-refractivity contribution >= 4 is 22.7 Å². The predicted molar refractivity (Wildman–Crippen MR) is 74.3 cm³/mol. The Morgan fingerprint density at radius 3 is 2.55 bits per heavy atom. The lowest BCUT2D eigenvalue weighted by Crippen LogP contribution is -2.11. The summed E-state index contributed by atoms with van der Waals surface area (Å²) in [6.45, 7) is 0. The van der Waals surface area contributed by atoms with Crippen LogP contribution in [0.15, 0.2) is 36.0 Å². The van der Waals surface area contributed by atoms with E-state index in [4.69, 9.17) is 21.2 Å². The van der Waals surface area contributed by atoms with Gasteiger partial charge in [-0.1, -0.05) is 18.2 Å². The number of aromatic amines is 1. The zero-order valence-corrected chi connectivity index (χ0v) is 10.4. The Balaban J connectivity index is 2.48. The molecule has 0 amide bonds. The first kappa shape index (κ1) is 13.1. The number of benzene rings is 1. The van der Waals surface area contributed by atoms with Crippen molar-refractivity contribution in [3.05, 3.63) is 41.6 Å². The zero-order chi connectivity index (χ0) is 14.5. The fourth-order valence-corrected chi connectivity index (χ4v) is 1.85. The second-order valence-electron chi connectivity index (χ2n) is 4.06. The molecule has 0 aliphatic rings. The van der Waals surface area contributed by atoms with Crippen LogP contribution in [0.3, 0.4) is 0 Å². The Morgan fingerprint density at radius 2 is 1.90 bits per heavy atom. The Hall–Kier alpha value is -3.36. The molecule has 20 heavy (non-hydrogen) atoms. The van der Waals surface area contributed by atoms with Crippen molar-refractivity contribution < 1.29 is 0 Å². The Morgan fingerprint density at radius 1 is 1.20 bits per heavy atom. The molecule has 2 rings (SSSR count). The summed E-state index contributed by atoms with van der Waals surface area (Å²) in [7, 11) is 0. The number of H-pyrrole nitrogens is 1. The maximum Gasteiger partial charge on any atom is 0.175 e. The van der Waals surface area contributed by atoms with Gasteiger partial charge in [0.2, 0.25) is 0 Å². The zero-order valence-electron chi connectivity index (χ0n) is 10.4. The van der Waals surface area contributed by atoms with E-state index in [1.54, 1.807) is 18.3 Å². The molecule has 5 nitrogen and oxygen atoms in total. The monoisotopic (exact) mass is 259 g/mol. The Labute approximate surface area is 115 Å². The molecule has 0 aliphatic heterocycles. The van der Waals surface area contributed by atoms with Crippen molar-refractivity contribution in [3.63, 3.8) is 0 Å². The largest absolute Gasteiger partial charge is 0.361 e. The van der Waals surface area contributed by atoms with Crippen molar-refractivity contribution in [2.45, 2.75) is 0 Å². The minimum Gasteiger partial charge on any atom is -0.361 e. The summed E-state index contributed by atoms with van der Waals surface area (Å²) < 4.78 is 0. The molecule has 1 heterocycles. The quantitative estimate of drug-likeness (QED) is 0.652. The lowest BCUT2D eigenvalue weighted by molar-refractivity contribution is 1.13. The van der Waals surface area contributed by atoms with Crippen LogP contribution >= 0.6 is 0 Å². The van der Waals surface area contributed by atoms with E-state index in [1.165, 1.54) is 6.08 Å². The fourth-order valence-electron chi connectivity index (χ4n) is 1.85. The van der Waals surface area contributed by atoms with Gasteiger partial charge in [0, 0.05) is 22.7 Å². The topological polar surface area (TPSA) is 111 Å². The molecule has 2 N–H and O–H groups in total. The van der Waals surface area contributed by atoms with Crippen molar-refractivity contribution in [3.8, 4) is 18.2 Å². The molecule has 0 fully saturated rings. The molecule has 0 spiro atoms. The number of allylic oxidation sites excluding steroid dienone is 1. The summed E-state index contributed by atoms with van der Waals surface area (Å²) in [5.74, 6) is -1.23. The molecule has 0 saturated carbocycles. The van der Waals surface area contributed by atoms with Crippen LogP contribution in [0.2, 0.25) is 0 Å². The molecule has 0 radical (unpaired) electrons. The van der Waals surface area contributed by atoms with Crippen molar-refractivity contribution in [2.24, 2.45) is 5.92 Å². The molecule has 0 aliphatic carbocycles. The summed E-state index contributed by atoms with van der Waals surface area (Å²) in [6, 6.07) is 12.8. The van der Waals surface area contributed by atoms with Crippen LogP contribution < -0.4 is 0 Å². The van der Waals surface area contributed by atoms with E-state index in [-0.39, 0.29) is 11.3 Å². The molecular formula is C15H9N5. The van der Waals surface area contributed by atoms with Gasteiger partial charge in [0.1, 0.15) is 6.07 Å². The van der Waals surface area contributed by atoms with Crippen molar-refractivity contribution in [2.75, 3.05) is 0 Å². The highest BCUT2D eigenvalue weighted by Gasteiger charge is 2.17. The minimum absolute atomic E-state index is 0.0165. The van der Waals surface area contributed by atoms with Crippen molar-refractivity contribution in [1.29, 1.82) is 21.2 Å². The van der Waals surface area contributed by atoms with Crippen LogP contribution in [0.5, 0.6) is 0 Å². The fraction of sp³-hybridized carbons (Fsp3) is 0.0667. The molecule has 94 valence electrons.